The van der Waals surface area contributed by atoms with E-state index in [4.69, 9.17) is 4.74 Å². The molecule has 0 saturated heterocycles. The van der Waals surface area contributed by atoms with Gasteiger partial charge in [0.05, 0.1) is 17.2 Å². The number of nitro benzene ring substituents is 1. The van der Waals surface area contributed by atoms with Crippen LogP contribution in [0.25, 0.3) is 12.2 Å². The number of nitro groups is 1. The molecule has 0 atom stereocenters. The van der Waals surface area contributed by atoms with Gasteiger partial charge in [0.25, 0.3) is 5.69 Å². The summed E-state index contributed by atoms with van der Waals surface area (Å²) in [5.41, 5.74) is 1.44. The molecule has 24 heavy (non-hydrogen) atoms. The monoisotopic (exact) mass is 346 g/mol. The lowest BCUT2D eigenvalue weighted by atomic mass is 10.1. The van der Waals surface area contributed by atoms with Crippen LogP contribution in [0.3, 0.4) is 0 Å². The molecule has 0 aliphatic rings. The van der Waals surface area contributed by atoms with Gasteiger partial charge in [-0.2, -0.15) is 0 Å². The predicted molar refractivity (Wildman–Crippen MR) is 94.2 cm³/mol. The molecule has 2 aromatic rings. The van der Waals surface area contributed by atoms with E-state index in [2.05, 4.69) is 4.98 Å². The topological polar surface area (TPSA) is 82.3 Å². The summed E-state index contributed by atoms with van der Waals surface area (Å²) in [7, 11) is 0. The Morgan fingerprint density at radius 2 is 2.17 bits per heavy atom. The van der Waals surface area contributed by atoms with E-state index in [1.807, 2.05) is 13.8 Å². The van der Waals surface area contributed by atoms with E-state index in [0.717, 1.165) is 0 Å². The fourth-order valence-electron chi connectivity index (χ4n) is 2.06. The minimum atomic E-state index is -0.434. The molecular formula is C17H18N2O4S. The maximum Gasteiger partial charge on any atom is 0.350 e. The predicted octanol–water partition coefficient (Wildman–Crippen LogP) is 4.52. The molecule has 126 valence electrons. The van der Waals surface area contributed by atoms with Gasteiger partial charge in [-0.1, -0.05) is 32.1 Å². The number of thiazole rings is 1. The third-order valence-corrected chi connectivity index (χ3v) is 4.19. The smallest absolute Gasteiger partial charge is 0.350 e. The minimum absolute atomic E-state index is 0.0337. The Labute approximate surface area is 144 Å². The fourth-order valence-corrected chi connectivity index (χ4v) is 3.08. The van der Waals surface area contributed by atoms with Crippen molar-refractivity contribution in [2.45, 2.75) is 26.7 Å². The molecule has 1 heterocycles. The number of non-ortho nitro benzene ring substituents is 1. The van der Waals surface area contributed by atoms with Gasteiger partial charge >= 0.3 is 5.97 Å². The second kappa shape index (κ2) is 7.83. The molecule has 0 radical (unpaired) electrons. The van der Waals surface area contributed by atoms with Crippen molar-refractivity contribution in [3.05, 3.63) is 55.5 Å². The lowest BCUT2D eigenvalue weighted by molar-refractivity contribution is -0.384. The summed E-state index contributed by atoms with van der Waals surface area (Å²) in [6.45, 7) is 6.00. The van der Waals surface area contributed by atoms with E-state index < -0.39 is 4.92 Å². The maximum absolute atomic E-state index is 12.0. The van der Waals surface area contributed by atoms with Gasteiger partial charge in [-0.25, -0.2) is 9.78 Å². The van der Waals surface area contributed by atoms with E-state index >= 15 is 0 Å². The summed E-state index contributed by atoms with van der Waals surface area (Å²) in [5, 5.41) is 11.5. The number of aromatic nitrogens is 1. The van der Waals surface area contributed by atoms with E-state index in [1.165, 1.54) is 23.5 Å². The van der Waals surface area contributed by atoms with Crippen molar-refractivity contribution in [3.63, 3.8) is 0 Å². The zero-order valence-corrected chi connectivity index (χ0v) is 14.5. The molecule has 1 aromatic carbocycles. The Bertz CT molecular complexity index is 781. The van der Waals surface area contributed by atoms with Crippen LogP contribution < -0.4 is 0 Å². The largest absolute Gasteiger partial charge is 0.462 e. The van der Waals surface area contributed by atoms with Crippen molar-refractivity contribution in [2.24, 2.45) is 0 Å². The number of hydrogen-bond donors (Lipinski definition) is 0. The van der Waals surface area contributed by atoms with Crippen LogP contribution in [-0.2, 0) is 4.74 Å². The van der Waals surface area contributed by atoms with Crippen LogP contribution >= 0.6 is 11.3 Å². The third kappa shape index (κ3) is 4.26. The molecule has 2 rings (SSSR count). The van der Waals surface area contributed by atoms with Crippen molar-refractivity contribution in [2.75, 3.05) is 6.61 Å². The molecule has 0 bridgehead atoms. The number of nitrogens with zero attached hydrogens (tertiary/aromatic N) is 2. The number of benzene rings is 1. The summed E-state index contributed by atoms with van der Waals surface area (Å²) in [6, 6.07) is 6.33. The second-order valence-electron chi connectivity index (χ2n) is 5.33. The molecule has 0 aliphatic heterocycles. The van der Waals surface area contributed by atoms with E-state index in [-0.39, 0.29) is 17.6 Å². The van der Waals surface area contributed by atoms with Gasteiger partial charge < -0.3 is 4.74 Å². The molecule has 0 saturated carbocycles. The zero-order chi connectivity index (χ0) is 17.7. The number of rotatable bonds is 6. The van der Waals surface area contributed by atoms with Crippen molar-refractivity contribution < 1.29 is 14.5 Å². The molecular weight excluding hydrogens is 328 g/mol. The number of carbonyl (C=O) groups excluding carboxylic acids is 1. The number of carbonyl (C=O) groups is 1. The summed E-state index contributed by atoms with van der Waals surface area (Å²) in [5.74, 6) is -0.269. The first-order valence-electron chi connectivity index (χ1n) is 7.52. The van der Waals surface area contributed by atoms with Gasteiger partial charge in [0, 0.05) is 12.1 Å². The summed E-state index contributed by atoms with van der Waals surface area (Å²) < 4.78 is 5.07. The first-order chi connectivity index (χ1) is 11.4. The van der Waals surface area contributed by atoms with Gasteiger partial charge in [-0.3, -0.25) is 10.1 Å². The Balaban J connectivity index is 2.29. The van der Waals surface area contributed by atoms with Gasteiger partial charge in [0.1, 0.15) is 9.88 Å². The normalized spacial score (nSPS) is 11.2. The average Bonchev–Trinajstić information content (AvgIpc) is 2.98. The van der Waals surface area contributed by atoms with Crippen LogP contribution in [0.4, 0.5) is 5.69 Å². The van der Waals surface area contributed by atoms with Crippen LogP contribution in [0.15, 0.2) is 24.3 Å². The van der Waals surface area contributed by atoms with Crippen molar-refractivity contribution in [3.8, 4) is 0 Å². The van der Waals surface area contributed by atoms with Crippen molar-refractivity contribution in [1.82, 2.24) is 4.98 Å². The summed E-state index contributed by atoms with van der Waals surface area (Å²) >= 11 is 1.26. The van der Waals surface area contributed by atoms with Crippen LogP contribution in [0.2, 0.25) is 0 Å². The molecule has 0 spiro atoms. The van der Waals surface area contributed by atoms with Gasteiger partial charge in [-0.05, 0) is 24.5 Å². The second-order valence-corrected chi connectivity index (χ2v) is 6.36. The lowest BCUT2D eigenvalue weighted by Gasteiger charge is -2.03. The van der Waals surface area contributed by atoms with Crippen LogP contribution in [0, 0.1) is 10.1 Å². The molecule has 0 amide bonds. The molecule has 6 nitrogen and oxygen atoms in total. The summed E-state index contributed by atoms with van der Waals surface area (Å²) in [6.07, 6.45) is 3.49. The molecule has 1 aromatic heterocycles. The zero-order valence-electron chi connectivity index (χ0n) is 13.7. The Kier molecular flexibility index (Phi) is 5.81. The molecule has 0 unspecified atom stereocenters. The highest BCUT2D eigenvalue weighted by Crippen LogP contribution is 2.27. The Hall–Kier alpha value is -2.54. The quantitative estimate of drug-likeness (QED) is 0.436. The lowest BCUT2D eigenvalue weighted by Crippen LogP contribution is -2.06. The first kappa shape index (κ1) is 17.8. The first-order valence-corrected chi connectivity index (χ1v) is 8.34. The van der Waals surface area contributed by atoms with Gasteiger partial charge in [0.15, 0.2) is 0 Å². The van der Waals surface area contributed by atoms with E-state index in [1.54, 1.807) is 31.2 Å². The average molecular weight is 346 g/mol. The molecule has 0 aliphatic carbocycles. The van der Waals surface area contributed by atoms with Gasteiger partial charge in [-0.15, -0.1) is 11.3 Å². The minimum Gasteiger partial charge on any atom is -0.462 e. The van der Waals surface area contributed by atoms with Crippen molar-refractivity contribution >= 4 is 35.1 Å². The molecule has 0 fully saturated rings. The fraction of sp³-hybridized carbons (Fsp3) is 0.294. The maximum atomic E-state index is 12.0. The standard InChI is InChI=1S/C17H18N2O4S/c1-4-23-17(20)16-15(11(2)3)18-14(24-16)9-8-12-6-5-7-13(10-12)19(21)22/h5-11H,4H2,1-3H3/b9-8+. The Morgan fingerprint density at radius 1 is 1.42 bits per heavy atom. The highest BCUT2D eigenvalue weighted by atomic mass is 32.1. The van der Waals surface area contributed by atoms with Gasteiger partial charge in [0.2, 0.25) is 0 Å². The highest BCUT2D eigenvalue weighted by molar-refractivity contribution is 7.14. The number of hydrogen-bond acceptors (Lipinski definition) is 6. The third-order valence-electron chi connectivity index (χ3n) is 3.18. The van der Waals surface area contributed by atoms with Crippen LogP contribution in [-0.4, -0.2) is 22.5 Å². The summed E-state index contributed by atoms with van der Waals surface area (Å²) in [4.78, 5) is 27.4. The molecule has 7 heteroatoms. The van der Waals surface area contributed by atoms with E-state index in [9.17, 15) is 14.9 Å². The molecule has 0 N–H and O–H groups in total. The number of esters is 1. The van der Waals surface area contributed by atoms with E-state index in [0.29, 0.717) is 27.7 Å². The number of ether oxygens (including phenoxy) is 1. The SMILES string of the molecule is CCOC(=O)c1sc(/C=C/c2cccc([N+](=O)[O-])c2)nc1C(C)C. The van der Waals surface area contributed by atoms with Crippen LogP contribution in [0.1, 0.15) is 52.6 Å². The highest BCUT2D eigenvalue weighted by Gasteiger charge is 2.20. The van der Waals surface area contributed by atoms with Crippen molar-refractivity contribution in [1.29, 1.82) is 0 Å². The van der Waals surface area contributed by atoms with Crippen LogP contribution in [0.5, 0.6) is 0 Å². The Morgan fingerprint density at radius 3 is 2.79 bits per heavy atom.